The Hall–Kier alpha value is -2.97. The monoisotopic (exact) mass is 547 g/mol. The van der Waals surface area contributed by atoms with Crippen molar-refractivity contribution in [3.8, 4) is 11.5 Å². The highest BCUT2D eigenvalue weighted by Gasteiger charge is 2.35. The van der Waals surface area contributed by atoms with E-state index in [1.807, 2.05) is 0 Å². The highest BCUT2D eigenvalue weighted by molar-refractivity contribution is 8.18. The van der Waals surface area contributed by atoms with E-state index in [4.69, 9.17) is 44.3 Å². The molecule has 0 aromatic heterocycles. The van der Waals surface area contributed by atoms with Crippen molar-refractivity contribution in [2.45, 2.75) is 6.54 Å². The van der Waals surface area contributed by atoms with Gasteiger partial charge in [-0.15, -0.1) is 0 Å². The summed E-state index contributed by atoms with van der Waals surface area (Å²) >= 11 is 18.7. The Labute approximate surface area is 220 Å². The summed E-state index contributed by atoms with van der Waals surface area (Å²) in [6.45, 7) is 0.0712. The molecule has 0 radical (unpaired) electrons. The molecule has 4 rings (SSSR count). The van der Waals surface area contributed by atoms with Gasteiger partial charge in [-0.25, -0.2) is 4.79 Å². The molecule has 10 heteroatoms. The Bertz CT molecular complexity index is 1360. The molecule has 0 unspecified atom stereocenters. The maximum absolute atomic E-state index is 12.9. The van der Waals surface area contributed by atoms with Crippen LogP contribution in [0, 0.1) is 0 Å². The SMILES string of the molecule is COc1cc(/C=C2/SC(=O)N(Cc3ccc(Cl)c(Cl)c3)C2=O)ccc1OC(=O)c1ccc(Cl)cc1. The summed E-state index contributed by atoms with van der Waals surface area (Å²) in [7, 11) is 1.43. The fourth-order valence-electron chi connectivity index (χ4n) is 3.21. The summed E-state index contributed by atoms with van der Waals surface area (Å²) in [5, 5.41) is 0.842. The van der Waals surface area contributed by atoms with Gasteiger partial charge in [-0.1, -0.05) is 46.9 Å². The van der Waals surface area contributed by atoms with E-state index in [9.17, 15) is 14.4 Å². The lowest BCUT2D eigenvalue weighted by molar-refractivity contribution is -0.123. The number of nitrogens with zero attached hydrogens (tertiary/aromatic N) is 1. The number of hydrogen-bond donors (Lipinski definition) is 0. The number of hydrogen-bond acceptors (Lipinski definition) is 6. The number of amides is 2. The van der Waals surface area contributed by atoms with Gasteiger partial charge in [0, 0.05) is 5.02 Å². The number of halogens is 3. The Kier molecular flexibility index (Phi) is 7.72. The summed E-state index contributed by atoms with van der Waals surface area (Å²) in [6.07, 6.45) is 1.58. The lowest BCUT2D eigenvalue weighted by Crippen LogP contribution is -2.27. The molecular formula is C25H16Cl3NO5S. The normalized spacial score (nSPS) is 14.5. The van der Waals surface area contributed by atoms with Crippen LogP contribution in [0.1, 0.15) is 21.5 Å². The average Bonchev–Trinajstić information content (AvgIpc) is 3.10. The molecule has 1 aliphatic heterocycles. The number of thioether (sulfide) groups is 1. The van der Waals surface area contributed by atoms with E-state index in [0.717, 1.165) is 16.7 Å². The number of esters is 1. The molecule has 2 amide bonds. The number of methoxy groups -OCH3 is 1. The predicted molar refractivity (Wildman–Crippen MR) is 137 cm³/mol. The zero-order valence-corrected chi connectivity index (χ0v) is 21.2. The zero-order valence-electron chi connectivity index (χ0n) is 18.1. The van der Waals surface area contributed by atoms with Crippen LogP contribution in [-0.2, 0) is 11.3 Å². The molecule has 0 spiro atoms. The molecule has 0 atom stereocenters. The van der Waals surface area contributed by atoms with Gasteiger partial charge < -0.3 is 9.47 Å². The van der Waals surface area contributed by atoms with Crippen molar-refractivity contribution in [3.63, 3.8) is 0 Å². The van der Waals surface area contributed by atoms with Crippen LogP contribution < -0.4 is 9.47 Å². The van der Waals surface area contributed by atoms with E-state index in [0.29, 0.717) is 31.8 Å². The van der Waals surface area contributed by atoms with Gasteiger partial charge >= 0.3 is 5.97 Å². The van der Waals surface area contributed by atoms with Crippen LogP contribution in [0.3, 0.4) is 0 Å². The smallest absolute Gasteiger partial charge is 0.343 e. The highest BCUT2D eigenvalue weighted by atomic mass is 35.5. The lowest BCUT2D eigenvalue weighted by Gasteiger charge is -2.13. The van der Waals surface area contributed by atoms with E-state index in [-0.39, 0.29) is 22.9 Å². The predicted octanol–water partition coefficient (Wildman–Crippen LogP) is 7.11. The Morgan fingerprint density at radius 2 is 1.69 bits per heavy atom. The van der Waals surface area contributed by atoms with Crippen LogP contribution >= 0.6 is 46.6 Å². The quantitative estimate of drug-likeness (QED) is 0.186. The number of ether oxygens (including phenoxy) is 2. The molecule has 1 aliphatic rings. The van der Waals surface area contributed by atoms with Crippen LogP contribution in [-0.4, -0.2) is 29.1 Å². The van der Waals surface area contributed by atoms with Gasteiger partial charge in [0.1, 0.15) is 0 Å². The van der Waals surface area contributed by atoms with Crippen LogP contribution in [0.15, 0.2) is 65.6 Å². The van der Waals surface area contributed by atoms with E-state index < -0.39 is 17.1 Å². The van der Waals surface area contributed by atoms with Crippen molar-refractivity contribution in [3.05, 3.63) is 97.3 Å². The first-order chi connectivity index (χ1) is 16.7. The maximum Gasteiger partial charge on any atom is 0.343 e. The van der Waals surface area contributed by atoms with Gasteiger partial charge in [0.05, 0.1) is 34.2 Å². The highest BCUT2D eigenvalue weighted by Crippen LogP contribution is 2.36. The Morgan fingerprint density at radius 1 is 0.943 bits per heavy atom. The van der Waals surface area contributed by atoms with Gasteiger partial charge in [0.15, 0.2) is 11.5 Å². The van der Waals surface area contributed by atoms with Crippen LogP contribution in [0.4, 0.5) is 4.79 Å². The second-order valence-corrected chi connectivity index (χ2v) is 9.57. The number of carbonyl (C=O) groups is 3. The maximum atomic E-state index is 12.9. The molecular weight excluding hydrogens is 533 g/mol. The van der Waals surface area contributed by atoms with E-state index in [1.54, 1.807) is 66.7 Å². The topological polar surface area (TPSA) is 72.9 Å². The molecule has 6 nitrogen and oxygen atoms in total. The van der Waals surface area contributed by atoms with Gasteiger partial charge in [-0.2, -0.15) is 0 Å². The van der Waals surface area contributed by atoms with Crippen molar-refractivity contribution in [2.24, 2.45) is 0 Å². The number of imide groups is 1. The van der Waals surface area contributed by atoms with Crippen molar-refractivity contribution in [1.82, 2.24) is 4.90 Å². The van der Waals surface area contributed by atoms with E-state index in [2.05, 4.69) is 0 Å². The van der Waals surface area contributed by atoms with Crippen LogP contribution in [0.2, 0.25) is 15.1 Å². The second-order valence-electron chi connectivity index (χ2n) is 7.32. The summed E-state index contributed by atoms with van der Waals surface area (Å²) in [5.74, 6) is -0.507. The van der Waals surface area contributed by atoms with Gasteiger partial charge in [-0.3, -0.25) is 14.5 Å². The first kappa shape index (κ1) is 25.1. The molecule has 0 aliphatic carbocycles. The molecule has 3 aromatic carbocycles. The summed E-state index contributed by atoms with van der Waals surface area (Å²) < 4.78 is 10.8. The molecule has 3 aromatic rings. The average molecular weight is 549 g/mol. The summed E-state index contributed by atoms with van der Waals surface area (Å²) in [6, 6.07) is 16.0. The minimum atomic E-state index is -0.573. The number of rotatable bonds is 6. The Morgan fingerprint density at radius 3 is 2.37 bits per heavy atom. The van der Waals surface area contributed by atoms with Crippen LogP contribution in [0.25, 0.3) is 6.08 Å². The lowest BCUT2D eigenvalue weighted by atomic mass is 10.1. The molecule has 0 saturated carbocycles. The minimum absolute atomic E-state index is 0.0712. The molecule has 1 fully saturated rings. The minimum Gasteiger partial charge on any atom is -0.493 e. The summed E-state index contributed by atoms with van der Waals surface area (Å²) in [5.41, 5.74) is 1.60. The van der Waals surface area contributed by atoms with E-state index >= 15 is 0 Å². The standard InChI is InChI=1S/C25H16Cl3NO5S/c1-33-21-11-14(3-9-20(21)34-24(31)16-4-6-17(26)7-5-16)12-22-23(30)29(25(32)35-22)13-15-2-8-18(27)19(28)10-15/h2-12H,13H2,1H3/b22-12+. The largest absolute Gasteiger partial charge is 0.493 e. The molecule has 0 N–H and O–H groups in total. The molecule has 0 bridgehead atoms. The molecule has 1 saturated heterocycles. The van der Waals surface area contributed by atoms with Gasteiger partial charge in [0.2, 0.25) is 0 Å². The van der Waals surface area contributed by atoms with Crippen molar-refractivity contribution >= 4 is 69.8 Å². The summed E-state index contributed by atoms with van der Waals surface area (Å²) in [4.78, 5) is 39.2. The third-order valence-corrected chi connectivity index (χ3v) is 6.86. The third-order valence-electron chi connectivity index (χ3n) is 4.97. The fourth-order valence-corrected chi connectivity index (χ4v) is 4.50. The first-order valence-corrected chi connectivity index (χ1v) is 12.1. The second kappa shape index (κ2) is 10.7. The van der Waals surface area contributed by atoms with Gasteiger partial charge in [0.25, 0.3) is 11.1 Å². The molecule has 35 heavy (non-hydrogen) atoms. The third kappa shape index (κ3) is 5.82. The van der Waals surface area contributed by atoms with Crippen molar-refractivity contribution < 1.29 is 23.9 Å². The Balaban J connectivity index is 1.51. The van der Waals surface area contributed by atoms with Gasteiger partial charge in [-0.05, 0) is 77.5 Å². The fraction of sp³-hybridized carbons (Fsp3) is 0.0800. The molecule has 1 heterocycles. The molecule has 178 valence electrons. The first-order valence-electron chi connectivity index (χ1n) is 10.1. The number of carbonyl (C=O) groups excluding carboxylic acids is 3. The van der Waals surface area contributed by atoms with E-state index in [1.165, 1.54) is 7.11 Å². The van der Waals surface area contributed by atoms with Crippen molar-refractivity contribution in [1.29, 1.82) is 0 Å². The number of benzene rings is 3. The van der Waals surface area contributed by atoms with Crippen LogP contribution in [0.5, 0.6) is 11.5 Å². The zero-order chi connectivity index (χ0) is 25.1. The van der Waals surface area contributed by atoms with Crippen molar-refractivity contribution in [2.75, 3.05) is 7.11 Å².